The van der Waals surface area contributed by atoms with Crippen LogP contribution in [-0.4, -0.2) is 28.6 Å². The SMILES string of the molecule is CCOc1cncc(-c2ccc([C@H](C(=O)Nc3cccc(CCC(=O)O)c3C)C3CCCC3)cc2)c1. The molecule has 1 aliphatic rings. The van der Waals surface area contributed by atoms with E-state index in [2.05, 4.69) is 34.6 Å². The van der Waals surface area contributed by atoms with E-state index in [-0.39, 0.29) is 18.2 Å². The van der Waals surface area contributed by atoms with Crippen LogP contribution < -0.4 is 10.1 Å². The van der Waals surface area contributed by atoms with Gasteiger partial charge < -0.3 is 15.2 Å². The Morgan fingerprint density at radius 1 is 1.08 bits per heavy atom. The van der Waals surface area contributed by atoms with Crippen molar-refractivity contribution < 1.29 is 19.4 Å². The maximum absolute atomic E-state index is 13.7. The smallest absolute Gasteiger partial charge is 0.303 e. The molecule has 1 fully saturated rings. The van der Waals surface area contributed by atoms with Crippen molar-refractivity contribution in [2.24, 2.45) is 5.92 Å². The Kier molecular flexibility index (Phi) is 8.36. The van der Waals surface area contributed by atoms with Crippen LogP contribution in [0.15, 0.2) is 60.9 Å². The summed E-state index contributed by atoms with van der Waals surface area (Å²) in [6.07, 6.45) is 8.41. The number of carbonyl (C=O) groups excluding carboxylic acids is 1. The summed E-state index contributed by atoms with van der Waals surface area (Å²) >= 11 is 0. The van der Waals surface area contributed by atoms with Gasteiger partial charge in [-0.1, -0.05) is 49.2 Å². The molecule has 3 aromatic rings. The quantitative estimate of drug-likeness (QED) is 0.347. The van der Waals surface area contributed by atoms with Gasteiger partial charge in [-0.3, -0.25) is 14.6 Å². The number of aliphatic carboxylic acids is 1. The van der Waals surface area contributed by atoms with Gasteiger partial charge in [0.1, 0.15) is 5.75 Å². The van der Waals surface area contributed by atoms with Gasteiger partial charge in [-0.05, 0) is 73.4 Å². The molecule has 1 atom stereocenters. The standard InChI is InChI=1S/C30H34N2O4/c1-3-36-26-17-25(18-31-19-26)22-11-13-24(14-12-22)29(23-7-4-5-8-23)30(35)32-27-10-6-9-21(20(27)2)15-16-28(33)34/h6,9-14,17-19,23,29H,3-5,7-8,15-16H2,1-2H3,(H,32,35)(H,33,34)/t29-/m1/s1. The number of amides is 1. The van der Waals surface area contributed by atoms with Crippen LogP contribution >= 0.6 is 0 Å². The molecule has 36 heavy (non-hydrogen) atoms. The van der Waals surface area contributed by atoms with Gasteiger partial charge in [-0.2, -0.15) is 0 Å². The van der Waals surface area contributed by atoms with Gasteiger partial charge >= 0.3 is 5.97 Å². The highest BCUT2D eigenvalue weighted by Crippen LogP contribution is 2.39. The molecule has 0 aliphatic heterocycles. The third kappa shape index (κ3) is 6.11. The van der Waals surface area contributed by atoms with Crippen LogP contribution in [-0.2, 0) is 16.0 Å². The third-order valence-electron chi connectivity index (χ3n) is 7.09. The number of rotatable bonds is 10. The Bertz CT molecular complexity index is 1200. The van der Waals surface area contributed by atoms with Crippen molar-refractivity contribution in [2.75, 3.05) is 11.9 Å². The number of hydrogen-bond donors (Lipinski definition) is 2. The van der Waals surface area contributed by atoms with E-state index in [9.17, 15) is 9.59 Å². The van der Waals surface area contributed by atoms with E-state index in [0.29, 0.717) is 18.9 Å². The predicted octanol–water partition coefficient (Wildman–Crippen LogP) is 6.39. The molecule has 1 aliphatic carbocycles. The Labute approximate surface area is 212 Å². The van der Waals surface area contributed by atoms with Crippen molar-refractivity contribution in [3.05, 3.63) is 77.6 Å². The molecular formula is C30H34N2O4. The molecule has 1 amide bonds. The first-order valence-electron chi connectivity index (χ1n) is 12.8. The van der Waals surface area contributed by atoms with Crippen molar-refractivity contribution in [1.29, 1.82) is 0 Å². The number of aromatic nitrogens is 1. The second kappa shape index (κ2) is 11.8. The number of carboxylic acids is 1. The zero-order valence-corrected chi connectivity index (χ0v) is 21.0. The highest BCUT2D eigenvalue weighted by atomic mass is 16.5. The average molecular weight is 487 g/mol. The fourth-order valence-electron chi connectivity index (χ4n) is 5.18. The van der Waals surface area contributed by atoms with Crippen LogP contribution in [0.1, 0.15) is 61.6 Å². The number of hydrogen-bond acceptors (Lipinski definition) is 4. The molecule has 0 saturated heterocycles. The second-order valence-electron chi connectivity index (χ2n) is 9.46. The molecule has 6 nitrogen and oxygen atoms in total. The van der Waals surface area contributed by atoms with E-state index in [4.69, 9.17) is 9.84 Å². The number of anilines is 1. The number of nitrogens with zero attached hydrogens (tertiary/aromatic N) is 1. The van der Waals surface area contributed by atoms with Crippen molar-refractivity contribution in [3.63, 3.8) is 0 Å². The number of ether oxygens (including phenoxy) is 1. The molecule has 0 unspecified atom stereocenters. The highest BCUT2D eigenvalue weighted by Gasteiger charge is 2.32. The maximum Gasteiger partial charge on any atom is 0.303 e. The molecule has 2 aromatic carbocycles. The van der Waals surface area contributed by atoms with Gasteiger partial charge in [0.25, 0.3) is 0 Å². The summed E-state index contributed by atoms with van der Waals surface area (Å²) in [5.74, 6) is -0.0313. The molecule has 0 radical (unpaired) electrons. The summed E-state index contributed by atoms with van der Waals surface area (Å²) in [4.78, 5) is 29.0. The third-order valence-corrected chi connectivity index (χ3v) is 7.09. The van der Waals surface area contributed by atoms with E-state index in [1.54, 1.807) is 6.20 Å². The Morgan fingerprint density at radius 3 is 2.53 bits per heavy atom. The van der Waals surface area contributed by atoms with Crippen molar-refractivity contribution in [2.45, 2.75) is 58.3 Å². The summed E-state index contributed by atoms with van der Waals surface area (Å²) in [6, 6.07) is 15.9. The molecule has 6 heteroatoms. The summed E-state index contributed by atoms with van der Waals surface area (Å²) in [5.41, 5.74) is 5.63. The van der Waals surface area contributed by atoms with Gasteiger partial charge in [0, 0.05) is 23.9 Å². The van der Waals surface area contributed by atoms with Crippen LogP contribution in [0.4, 0.5) is 5.69 Å². The Morgan fingerprint density at radius 2 is 1.83 bits per heavy atom. The van der Waals surface area contributed by atoms with Gasteiger partial charge in [0.15, 0.2) is 0 Å². The lowest BCUT2D eigenvalue weighted by molar-refractivity contribution is -0.137. The predicted molar refractivity (Wildman–Crippen MR) is 141 cm³/mol. The minimum Gasteiger partial charge on any atom is -0.492 e. The molecule has 4 rings (SSSR count). The van der Waals surface area contributed by atoms with Crippen LogP contribution in [0.25, 0.3) is 11.1 Å². The first-order valence-corrected chi connectivity index (χ1v) is 12.8. The number of benzene rings is 2. The zero-order valence-electron chi connectivity index (χ0n) is 21.0. The van der Waals surface area contributed by atoms with Gasteiger partial charge in [0.05, 0.1) is 18.7 Å². The normalized spacial score (nSPS) is 14.4. The van der Waals surface area contributed by atoms with Gasteiger partial charge in [-0.25, -0.2) is 0 Å². The fraction of sp³-hybridized carbons (Fsp3) is 0.367. The molecule has 188 valence electrons. The number of carboxylic acid groups (broad SMARTS) is 1. The molecule has 2 N–H and O–H groups in total. The largest absolute Gasteiger partial charge is 0.492 e. The lowest BCUT2D eigenvalue weighted by atomic mass is 9.83. The minimum atomic E-state index is -0.825. The fourth-order valence-corrected chi connectivity index (χ4v) is 5.18. The molecule has 0 spiro atoms. The number of pyridine rings is 1. The molecule has 1 aromatic heterocycles. The first kappa shape index (κ1) is 25.4. The number of aryl methyl sites for hydroxylation is 1. The number of nitrogens with one attached hydrogen (secondary N) is 1. The Hall–Kier alpha value is -3.67. The number of carbonyl (C=O) groups is 2. The van der Waals surface area contributed by atoms with Crippen LogP contribution in [0.2, 0.25) is 0 Å². The lowest BCUT2D eigenvalue weighted by Gasteiger charge is -2.24. The van der Waals surface area contributed by atoms with E-state index in [1.165, 1.54) is 0 Å². The summed E-state index contributed by atoms with van der Waals surface area (Å²) in [6.45, 7) is 4.48. The topological polar surface area (TPSA) is 88.5 Å². The second-order valence-corrected chi connectivity index (χ2v) is 9.46. The molecule has 1 saturated carbocycles. The summed E-state index contributed by atoms with van der Waals surface area (Å²) in [7, 11) is 0. The summed E-state index contributed by atoms with van der Waals surface area (Å²) in [5, 5.41) is 12.2. The van der Waals surface area contributed by atoms with Crippen LogP contribution in [0.5, 0.6) is 5.75 Å². The van der Waals surface area contributed by atoms with E-state index in [0.717, 1.165) is 64.9 Å². The average Bonchev–Trinajstić information content (AvgIpc) is 3.40. The maximum atomic E-state index is 13.7. The monoisotopic (exact) mass is 486 g/mol. The van der Waals surface area contributed by atoms with Crippen LogP contribution in [0, 0.1) is 12.8 Å². The lowest BCUT2D eigenvalue weighted by Crippen LogP contribution is -2.27. The zero-order chi connectivity index (χ0) is 25.5. The van der Waals surface area contributed by atoms with Crippen molar-refractivity contribution in [3.8, 4) is 16.9 Å². The Balaban J connectivity index is 1.57. The molecule has 0 bridgehead atoms. The molecular weight excluding hydrogens is 452 g/mol. The minimum absolute atomic E-state index is 0.00635. The van der Waals surface area contributed by atoms with E-state index in [1.807, 2.05) is 44.3 Å². The molecule has 1 heterocycles. The van der Waals surface area contributed by atoms with Gasteiger partial charge in [-0.15, -0.1) is 0 Å². The van der Waals surface area contributed by atoms with Crippen molar-refractivity contribution in [1.82, 2.24) is 4.98 Å². The first-order chi connectivity index (χ1) is 17.5. The highest BCUT2D eigenvalue weighted by molar-refractivity contribution is 5.97. The van der Waals surface area contributed by atoms with Crippen molar-refractivity contribution >= 4 is 17.6 Å². The summed E-state index contributed by atoms with van der Waals surface area (Å²) < 4.78 is 5.59. The van der Waals surface area contributed by atoms with E-state index < -0.39 is 5.97 Å². The van der Waals surface area contributed by atoms with Gasteiger partial charge in [0.2, 0.25) is 5.91 Å². The van der Waals surface area contributed by atoms with Crippen LogP contribution in [0.3, 0.4) is 0 Å². The van der Waals surface area contributed by atoms with E-state index >= 15 is 0 Å².